The number of rotatable bonds is 1. The number of nitrogens with zero attached hydrogens (tertiary/aromatic N) is 2. The van der Waals surface area contributed by atoms with Gasteiger partial charge < -0.3 is 10.0 Å². The molecule has 0 bridgehead atoms. The monoisotopic (exact) mass is 300 g/mol. The Bertz CT molecular complexity index is 756. The molecule has 21 heavy (non-hydrogen) atoms. The lowest BCUT2D eigenvalue weighted by Crippen LogP contribution is -2.27. The largest absolute Gasteiger partial charge is 0.507 e. The Morgan fingerprint density at radius 2 is 1.95 bits per heavy atom. The molecule has 1 amide bonds. The first-order chi connectivity index (χ1) is 10.1. The number of benzene rings is 2. The summed E-state index contributed by atoms with van der Waals surface area (Å²) in [6.07, 6.45) is 0. The fourth-order valence-corrected chi connectivity index (χ4v) is 2.54. The van der Waals surface area contributed by atoms with Crippen molar-refractivity contribution in [3.8, 4) is 5.75 Å². The molecule has 1 N–H and O–H groups in total. The van der Waals surface area contributed by atoms with Crippen LogP contribution in [0.1, 0.15) is 11.1 Å². The average Bonchev–Trinajstić information content (AvgIpc) is 2.59. The van der Waals surface area contributed by atoms with Crippen molar-refractivity contribution < 1.29 is 9.90 Å². The minimum Gasteiger partial charge on any atom is -0.507 e. The van der Waals surface area contributed by atoms with Crippen molar-refractivity contribution in [3.63, 3.8) is 0 Å². The molecular weight excluding hydrogens is 288 g/mol. The summed E-state index contributed by atoms with van der Waals surface area (Å²) in [5.74, 6) is 0.0168. The number of hydrogen-bond donors (Lipinski definition) is 1. The molecule has 2 aromatic carbocycles. The van der Waals surface area contributed by atoms with E-state index in [4.69, 9.17) is 11.6 Å². The maximum Gasteiger partial charge on any atom is 0.248 e. The molecule has 4 nitrogen and oxygen atoms in total. The molecule has 0 radical (unpaired) electrons. The molecule has 1 heterocycles. The summed E-state index contributed by atoms with van der Waals surface area (Å²) in [7, 11) is 1.71. The van der Waals surface area contributed by atoms with Crippen molar-refractivity contribution in [2.75, 3.05) is 18.5 Å². The molecular formula is C16H13ClN2O2. The van der Waals surface area contributed by atoms with Gasteiger partial charge in [-0.05, 0) is 30.3 Å². The van der Waals surface area contributed by atoms with Gasteiger partial charge in [0.05, 0.1) is 11.4 Å². The molecule has 0 unspecified atom stereocenters. The van der Waals surface area contributed by atoms with Crippen LogP contribution in [0, 0.1) is 0 Å². The number of phenolic OH excluding ortho intramolecular Hbond substituents is 1. The van der Waals surface area contributed by atoms with Crippen LogP contribution >= 0.6 is 11.6 Å². The molecule has 0 fully saturated rings. The van der Waals surface area contributed by atoms with Gasteiger partial charge in [-0.2, -0.15) is 0 Å². The van der Waals surface area contributed by atoms with Crippen molar-refractivity contribution in [3.05, 3.63) is 58.6 Å². The van der Waals surface area contributed by atoms with Crippen LogP contribution in [0.25, 0.3) is 0 Å². The summed E-state index contributed by atoms with van der Waals surface area (Å²) >= 11 is 6.09. The predicted molar refractivity (Wildman–Crippen MR) is 83.5 cm³/mol. The van der Waals surface area contributed by atoms with Crippen molar-refractivity contribution in [2.24, 2.45) is 4.99 Å². The van der Waals surface area contributed by atoms with E-state index in [1.54, 1.807) is 48.3 Å². The Morgan fingerprint density at radius 3 is 2.71 bits per heavy atom. The maximum absolute atomic E-state index is 12.0. The van der Waals surface area contributed by atoms with Crippen molar-refractivity contribution in [1.82, 2.24) is 0 Å². The van der Waals surface area contributed by atoms with Gasteiger partial charge in [0.25, 0.3) is 0 Å². The van der Waals surface area contributed by atoms with Gasteiger partial charge in [0.15, 0.2) is 0 Å². The molecule has 2 aromatic rings. The number of likely N-dealkylation sites (N-methyl/N-ethyl adjacent to an activating group) is 1. The summed E-state index contributed by atoms with van der Waals surface area (Å²) in [6.45, 7) is 0.0342. The molecule has 0 atom stereocenters. The lowest BCUT2D eigenvalue weighted by Gasteiger charge is -2.18. The van der Waals surface area contributed by atoms with Gasteiger partial charge in [-0.15, -0.1) is 0 Å². The zero-order chi connectivity index (χ0) is 15.0. The normalized spacial score (nSPS) is 14.5. The Hall–Kier alpha value is -2.33. The van der Waals surface area contributed by atoms with Crippen LogP contribution in [0.3, 0.4) is 0 Å². The molecule has 0 aliphatic carbocycles. The number of benzodiazepines with no additional fused rings is 1. The number of carbonyl (C=O) groups is 1. The number of amides is 1. The molecule has 5 heteroatoms. The summed E-state index contributed by atoms with van der Waals surface area (Å²) in [4.78, 5) is 18.0. The van der Waals surface area contributed by atoms with Crippen LogP contribution < -0.4 is 4.90 Å². The number of hydrogen-bond acceptors (Lipinski definition) is 3. The zero-order valence-electron chi connectivity index (χ0n) is 11.4. The van der Waals surface area contributed by atoms with Crippen LogP contribution in [0.4, 0.5) is 5.69 Å². The van der Waals surface area contributed by atoms with Gasteiger partial charge >= 0.3 is 0 Å². The van der Waals surface area contributed by atoms with Gasteiger partial charge in [-0.1, -0.05) is 23.7 Å². The highest BCUT2D eigenvalue weighted by atomic mass is 35.5. The zero-order valence-corrected chi connectivity index (χ0v) is 12.1. The summed E-state index contributed by atoms with van der Waals surface area (Å²) in [5.41, 5.74) is 2.62. The SMILES string of the molecule is CN1C(=O)CN=C(c2ccccc2O)c2cc(Cl)ccc21. The highest BCUT2D eigenvalue weighted by Gasteiger charge is 2.23. The Labute approximate surface area is 127 Å². The number of fused-ring (bicyclic) bond motifs is 1. The third-order valence-electron chi connectivity index (χ3n) is 3.48. The van der Waals surface area contributed by atoms with Gasteiger partial charge in [-0.3, -0.25) is 9.79 Å². The molecule has 1 aliphatic rings. The molecule has 0 spiro atoms. The fourth-order valence-electron chi connectivity index (χ4n) is 2.37. The first-order valence-electron chi connectivity index (χ1n) is 6.47. The Kier molecular flexibility index (Phi) is 3.39. The van der Waals surface area contributed by atoms with Crippen LogP contribution in [0.2, 0.25) is 5.02 Å². The number of aliphatic imine (C=N–C) groups is 1. The molecule has 1 aliphatic heterocycles. The molecule has 106 valence electrons. The number of carbonyl (C=O) groups excluding carboxylic acids is 1. The number of para-hydroxylation sites is 1. The number of anilines is 1. The highest BCUT2D eigenvalue weighted by Crippen LogP contribution is 2.31. The second kappa shape index (κ2) is 5.22. The minimum absolute atomic E-state index is 0.0342. The van der Waals surface area contributed by atoms with Crippen molar-refractivity contribution >= 4 is 28.9 Å². The highest BCUT2D eigenvalue weighted by molar-refractivity contribution is 6.32. The lowest BCUT2D eigenvalue weighted by molar-refractivity contribution is -0.116. The van der Waals surface area contributed by atoms with E-state index in [0.717, 1.165) is 11.3 Å². The van der Waals surface area contributed by atoms with E-state index in [0.29, 0.717) is 16.3 Å². The predicted octanol–water partition coefficient (Wildman–Crippen LogP) is 2.86. The first kappa shape index (κ1) is 13.6. The van der Waals surface area contributed by atoms with Gasteiger partial charge in [0.1, 0.15) is 12.3 Å². The Morgan fingerprint density at radius 1 is 1.19 bits per heavy atom. The van der Waals surface area contributed by atoms with Crippen LogP contribution in [0.5, 0.6) is 5.75 Å². The van der Waals surface area contributed by atoms with Crippen LogP contribution in [-0.4, -0.2) is 30.3 Å². The summed E-state index contributed by atoms with van der Waals surface area (Å²) in [6, 6.07) is 12.2. The summed E-state index contributed by atoms with van der Waals surface area (Å²) < 4.78 is 0. The van der Waals surface area contributed by atoms with E-state index in [1.165, 1.54) is 0 Å². The van der Waals surface area contributed by atoms with Crippen molar-refractivity contribution in [1.29, 1.82) is 0 Å². The van der Waals surface area contributed by atoms with E-state index >= 15 is 0 Å². The van der Waals surface area contributed by atoms with Gasteiger partial charge in [0.2, 0.25) is 5.91 Å². The van der Waals surface area contributed by atoms with E-state index in [-0.39, 0.29) is 18.2 Å². The Balaban J connectivity index is 2.26. The molecule has 0 saturated heterocycles. The van der Waals surface area contributed by atoms with E-state index in [1.807, 2.05) is 6.07 Å². The smallest absolute Gasteiger partial charge is 0.248 e. The standard InChI is InChI=1S/C16H13ClN2O2/c1-19-13-7-6-10(17)8-12(13)16(18-9-15(19)21)11-4-2-3-5-14(11)20/h2-8,20H,9H2,1H3. The van der Waals surface area contributed by atoms with Gasteiger partial charge in [-0.25, -0.2) is 0 Å². The van der Waals surface area contributed by atoms with E-state index in [9.17, 15) is 9.90 Å². The van der Waals surface area contributed by atoms with Crippen LogP contribution in [0.15, 0.2) is 47.5 Å². The van der Waals surface area contributed by atoms with Crippen LogP contribution in [-0.2, 0) is 4.79 Å². The third-order valence-corrected chi connectivity index (χ3v) is 3.72. The lowest BCUT2D eigenvalue weighted by atomic mass is 9.99. The fraction of sp³-hybridized carbons (Fsp3) is 0.125. The molecule has 0 saturated carbocycles. The van der Waals surface area contributed by atoms with Gasteiger partial charge in [0, 0.05) is 23.2 Å². The second-order valence-corrected chi connectivity index (χ2v) is 5.23. The second-order valence-electron chi connectivity index (χ2n) is 4.80. The summed E-state index contributed by atoms with van der Waals surface area (Å²) in [5, 5.41) is 10.6. The number of aromatic hydroxyl groups is 1. The van der Waals surface area contributed by atoms with E-state index in [2.05, 4.69) is 4.99 Å². The first-order valence-corrected chi connectivity index (χ1v) is 6.85. The van der Waals surface area contributed by atoms with E-state index < -0.39 is 0 Å². The van der Waals surface area contributed by atoms with Crippen molar-refractivity contribution in [2.45, 2.75) is 0 Å². The molecule has 3 rings (SSSR count). The number of halogens is 1. The average molecular weight is 301 g/mol. The maximum atomic E-state index is 12.0. The number of phenols is 1. The topological polar surface area (TPSA) is 52.9 Å². The third kappa shape index (κ3) is 2.38. The quantitative estimate of drug-likeness (QED) is 0.880. The minimum atomic E-state index is -0.107. The molecule has 0 aromatic heterocycles.